The molecule has 0 aliphatic carbocycles. The summed E-state index contributed by atoms with van der Waals surface area (Å²) < 4.78 is 0. The number of nitrogens with one attached hydrogen (secondary N) is 1. The molecule has 0 saturated carbocycles. The van der Waals surface area contributed by atoms with Crippen LogP contribution in [0.1, 0.15) is 6.42 Å². The number of hydrogen-bond acceptors (Lipinski definition) is 5. The second-order valence-electron chi connectivity index (χ2n) is 4.32. The number of H-pyrrole nitrogens is 1. The Balaban J connectivity index is 2.04. The van der Waals surface area contributed by atoms with Crippen LogP contribution in [0.5, 0.6) is 0 Å². The molecule has 0 radical (unpaired) electrons. The largest absolute Gasteiger partial charge is 0.301 e. The first kappa shape index (κ1) is 13.9. The van der Waals surface area contributed by atoms with Gasteiger partial charge in [0.15, 0.2) is 5.16 Å². The van der Waals surface area contributed by atoms with E-state index in [1.165, 1.54) is 23.1 Å². The fourth-order valence-corrected chi connectivity index (χ4v) is 3.73. The maximum Gasteiger partial charge on any atom is 0.260 e. The van der Waals surface area contributed by atoms with Crippen molar-refractivity contribution in [3.8, 4) is 17.2 Å². The van der Waals surface area contributed by atoms with E-state index in [0.29, 0.717) is 22.7 Å². The second kappa shape index (κ2) is 6.12. The third-order valence-corrected chi connectivity index (χ3v) is 4.71. The molecule has 0 saturated heterocycles. The molecule has 0 atom stereocenters. The van der Waals surface area contributed by atoms with Crippen LogP contribution in [0.25, 0.3) is 21.3 Å². The lowest BCUT2D eigenvalue weighted by molar-refractivity contribution is 0.979. The quantitative estimate of drug-likeness (QED) is 0.453. The number of fused-ring (bicyclic) bond motifs is 1. The molecule has 3 rings (SSSR count). The summed E-state index contributed by atoms with van der Waals surface area (Å²) in [7, 11) is 0. The first-order valence-electron chi connectivity index (χ1n) is 6.36. The Kier molecular flexibility index (Phi) is 4.04. The number of hydrogen-bond donors (Lipinski definition) is 1. The highest BCUT2D eigenvalue weighted by atomic mass is 32.2. The average Bonchev–Trinajstić information content (AvgIpc) is 2.93. The van der Waals surface area contributed by atoms with Gasteiger partial charge in [-0.1, -0.05) is 42.1 Å². The molecule has 0 bridgehead atoms. The van der Waals surface area contributed by atoms with E-state index < -0.39 is 0 Å². The number of thiophene rings is 1. The van der Waals surface area contributed by atoms with Crippen molar-refractivity contribution in [2.24, 2.45) is 0 Å². The SMILES string of the molecule is N#CCCSc1nc2scc(-c3ccccc3)c2c(=O)[nH]1. The molecule has 0 fully saturated rings. The van der Waals surface area contributed by atoms with Crippen LogP contribution in [0.3, 0.4) is 0 Å². The van der Waals surface area contributed by atoms with Crippen LogP contribution >= 0.6 is 23.1 Å². The number of rotatable bonds is 4. The molecule has 21 heavy (non-hydrogen) atoms. The first-order chi connectivity index (χ1) is 10.3. The van der Waals surface area contributed by atoms with Crippen molar-refractivity contribution in [2.45, 2.75) is 11.6 Å². The maximum absolute atomic E-state index is 12.3. The van der Waals surface area contributed by atoms with Gasteiger partial charge in [0.25, 0.3) is 5.56 Å². The smallest absolute Gasteiger partial charge is 0.260 e. The summed E-state index contributed by atoms with van der Waals surface area (Å²) in [6.45, 7) is 0. The van der Waals surface area contributed by atoms with Gasteiger partial charge in [0.1, 0.15) is 4.83 Å². The molecular formula is C15H11N3OS2. The van der Waals surface area contributed by atoms with Gasteiger partial charge >= 0.3 is 0 Å². The zero-order valence-corrected chi connectivity index (χ0v) is 12.6. The third kappa shape index (κ3) is 2.84. The number of thioether (sulfide) groups is 1. The highest BCUT2D eigenvalue weighted by molar-refractivity contribution is 7.99. The summed E-state index contributed by atoms with van der Waals surface area (Å²) in [5, 5.41) is 11.7. The molecule has 6 heteroatoms. The van der Waals surface area contributed by atoms with E-state index in [9.17, 15) is 4.79 Å². The van der Waals surface area contributed by atoms with Crippen LogP contribution in [-0.4, -0.2) is 15.7 Å². The van der Waals surface area contributed by atoms with Crippen LogP contribution in [0.15, 0.2) is 45.7 Å². The number of benzene rings is 1. The Morgan fingerprint density at radius 1 is 1.33 bits per heavy atom. The third-order valence-electron chi connectivity index (χ3n) is 2.96. The van der Waals surface area contributed by atoms with E-state index in [1.807, 2.05) is 35.7 Å². The predicted octanol–water partition coefficient (Wildman–Crippen LogP) is 3.66. The van der Waals surface area contributed by atoms with E-state index in [0.717, 1.165) is 16.0 Å². The molecular weight excluding hydrogens is 302 g/mol. The summed E-state index contributed by atoms with van der Waals surface area (Å²) in [4.78, 5) is 20.3. The van der Waals surface area contributed by atoms with Crippen LogP contribution in [0.4, 0.5) is 0 Å². The van der Waals surface area contributed by atoms with Gasteiger partial charge < -0.3 is 4.98 Å². The van der Waals surface area contributed by atoms with Gasteiger partial charge in [-0.05, 0) is 5.56 Å². The van der Waals surface area contributed by atoms with Crippen molar-refractivity contribution in [2.75, 3.05) is 5.75 Å². The molecule has 0 amide bonds. The van der Waals surface area contributed by atoms with Gasteiger partial charge in [0.2, 0.25) is 0 Å². The first-order valence-corrected chi connectivity index (χ1v) is 8.23. The highest BCUT2D eigenvalue weighted by Crippen LogP contribution is 2.31. The fraction of sp³-hybridized carbons (Fsp3) is 0.133. The highest BCUT2D eigenvalue weighted by Gasteiger charge is 2.12. The molecule has 4 nitrogen and oxygen atoms in total. The van der Waals surface area contributed by atoms with Crippen molar-refractivity contribution in [3.05, 3.63) is 46.1 Å². The zero-order chi connectivity index (χ0) is 14.7. The van der Waals surface area contributed by atoms with E-state index >= 15 is 0 Å². The maximum atomic E-state index is 12.3. The Hall–Kier alpha value is -2.10. The van der Waals surface area contributed by atoms with Crippen LogP contribution in [0.2, 0.25) is 0 Å². The van der Waals surface area contributed by atoms with Crippen molar-refractivity contribution >= 4 is 33.3 Å². The molecule has 1 aromatic carbocycles. The fourth-order valence-electron chi connectivity index (χ4n) is 2.02. The van der Waals surface area contributed by atoms with Crippen molar-refractivity contribution in [1.82, 2.24) is 9.97 Å². The van der Waals surface area contributed by atoms with Gasteiger partial charge in [-0.25, -0.2) is 4.98 Å². The minimum Gasteiger partial charge on any atom is -0.301 e. The van der Waals surface area contributed by atoms with E-state index in [2.05, 4.69) is 16.0 Å². The summed E-state index contributed by atoms with van der Waals surface area (Å²) in [5.74, 6) is 0.627. The van der Waals surface area contributed by atoms with Gasteiger partial charge in [-0.3, -0.25) is 4.79 Å². The lowest BCUT2D eigenvalue weighted by atomic mass is 10.1. The number of aromatic amines is 1. The summed E-state index contributed by atoms with van der Waals surface area (Å²) in [5.41, 5.74) is 1.80. The van der Waals surface area contributed by atoms with Crippen LogP contribution in [-0.2, 0) is 0 Å². The average molecular weight is 313 g/mol. The summed E-state index contributed by atoms with van der Waals surface area (Å²) in [6.07, 6.45) is 0.437. The van der Waals surface area contributed by atoms with Crippen molar-refractivity contribution in [1.29, 1.82) is 5.26 Å². The minimum absolute atomic E-state index is 0.125. The Morgan fingerprint density at radius 3 is 2.90 bits per heavy atom. The molecule has 104 valence electrons. The van der Waals surface area contributed by atoms with Gasteiger partial charge in [-0.15, -0.1) is 11.3 Å². The Morgan fingerprint density at radius 2 is 2.14 bits per heavy atom. The van der Waals surface area contributed by atoms with E-state index in [4.69, 9.17) is 5.26 Å². The van der Waals surface area contributed by atoms with Crippen LogP contribution in [0, 0.1) is 11.3 Å². The normalized spacial score (nSPS) is 10.6. The van der Waals surface area contributed by atoms with Gasteiger partial charge in [0, 0.05) is 23.1 Å². The molecule has 2 heterocycles. The van der Waals surface area contributed by atoms with Crippen molar-refractivity contribution < 1.29 is 0 Å². The predicted molar refractivity (Wildman–Crippen MR) is 86.6 cm³/mol. The number of aromatic nitrogens is 2. The summed E-state index contributed by atoms with van der Waals surface area (Å²) >= 11 is 2.86. The number of nitrogens with zero attached hydrogens (tertiary/aromatic N) is 2. The lowest BCUT2D eigenvalue weighted by Gasteiger charge is -2.00. The van der Waals surface area contributed by atoms with Crippen molar-refractivity contribution in [3.63, 3.8) is 0 Å². The Bertz CT molecular complexity index is 862. The molecule has 2 aromatic heterocycles. The topological polar surface area (TPSA) is 69.5 Å². The molecule has 0 aliphatic heterocycles. The summed E-state index contributed by atoms with van der Waals surface area (Å²) in [6, 6.07) is 11.9. The number of nitriles is 1. The van der Waals surface area contributed by atoms with Gasteiger partial charge in [0.05, 0.1) is 11.5 Å². The van der Waals surface area contributed by atoms with Crippen LogP contribution < -0.4 is 5.56 Å². The van der Waals surface area contributed by atoms with E-state index in [1.54, 1.807) is 0 Å². The standard InChI is InChI=1S/C15H11N3OS2/c16-7-4-8-20-15-17-13(19)12-11(9-21-14(12)18-15)10-5-2-1-3-6-10/h1-3,5-6,9H,4,8H2,(H,17,18,19). The molecule has 0 spiro atoms. The second-order valence-corrected chi connectivity index (χ2v) is 6.26. The molecule has 0 aliphatic rings. The molecule has 3 aromatic rings. The Labute approximate surface area is 129 Å². The van der Waals surface area contributed by atoms with Gasteiger partial charge in [-0.2, -0.15) is 5.26 Å². The monoisotopic (exact) mass is 313 g/mol. The molecule has 1 N–H and O–H groups in total. The molecule has 0 unspecified atom stereocenters. The van der Waals surface area contributed by atoms with E-state index in [-0.39, 0.29) is 5.56 Å². The minimum atomic E-state index is -0.125. The zero-order valence-electron chi connectivity index (χ0n) is 11.0. The lowest BCUT2D eigenvalue weighted by Crippen LogP contribution is -2.08.